The number of morpholine rings is 1. The molecule has 19 heavy (non-hydrogen) atoms. The zero-order valence-electron chi connectivity index (χ0n) is 11.8. The first kappa shape index (κ1) is 14.8. The minimum Gasteiger partial charge on any atom is -0.392 e. The molecule has 0 radical (unpaired) electrons. The second-order valence-corrected chi connectivity index (χ2v) is 5.87. The maximum Gasteiger partial charge on any atom is 0.225 e. The highest BCUT2D eigenvalue weighted by Crippen LogP contribution is 2.25. The second kappa shape index (κ2) is 7.22. The van der Waals surface area contributed by atoms with Gasteiger partial charge in [0.1, 0.15) is 0 Å². The monoisotopic (exact) mass is 270 g/mol. The predicted octanol–water partition coefficient (Wildman–Crippen LogP) is 0.232. The summed E-state index contributed by atoms with van der Waals surface area (Å²) in [7, 11) is 0. The summed E-state index contributed by atoms with van der Waals surface area (Å²) >= 11 is 0. The first-order valence-electron chi connectivity index (χ1n) is 7.42. The highest BCUT2D eigenvalue weighted by molar-refractivity contribution is 5.79. The third kappa shape index (κ3) is 4.44. The van der Waals surface area contributed by atoms with E-state index in [0.29, 0.717) is 12.5 Å². The topological polar surface area (TPSA) is 61.8 Å². The van der Waals surface area contributed by atoms with E-state index in [-0.39, 0.29) is 11.8 Å². The van der Waals surface area contributed by atoms with Crippen molar-refractivity contribution >= 4 is 5.91 Å². The molecule has 1 amide bonds. The Bertz CT molecular complexity index is 292. The molecule has 3 unspecified atom stereocenters. The molecule has 1 aliphatic carbocycles. The zero-order chi connectivity index (χ0) is 13.7. The van der Waals surface area contributed by atoms with Gasteiger partial charge < -0.3 is 15.2 Å². The predicted molar refractivity (Wildman–Crippen MR) is 72.8 cm³/mol. The van der Waals surface area contributed by atoms with Crippen LogP contribution in [0.4, 0.5) is 0 Å². The van der Waals surface area contributed by atoms with E-state index in [2.05, 4.69) is 17.1 Å². The average Bonchev–Trinajstić information content (AvgIpc) is 2.83. The molecule has 5 nitrogen and oxygen atoms in total. The van der Waals surface area contributed by atoms with Crippen LogP contribution in [0.15, 0.2) is 0 Å². The van der Waals surface area contributed by atoms with Gasteiger partial charge in [-0.15, -0.1) is 0 Å². The number of carbonyl (C=O) groups excluding carboxylic acids is 1. The summed E-state index contributed by atoms with van der Waals surface area (Å²) < 4.78 is 5.32. The lowest BCUT2D eigenvalue weighted by atomic mass is 10.0. The van der Waals surface area contributed by atoms with Crippen LogP contribution in [0.1, 0.15) is 26.2 Å². The molecule has 0 aromatic heterocycles. The first-order chi connectivity index (χ1) is 9.16. The van der Waals surface area contributed by atoms with Gasteiger partial charge in [0.2, 0.25) is 5.91 Å². The number of hydrogen-bond donors (Lipinski definition) is 2. The Kier molecular flexibility index (Phi) is 5.60. The van der Waals surface area contributed by atoms with E-state index in [1.807, 2.05) is 0 Å². The Balaban J connectivity index is 1.65. The molecular formula is C14H26N2O3. The maximum absolute atomic E-state index is 11.9. The van der Waals surface area contributed by atoms with E-state index in [9.17, 15) is 9.90 Å². The van der Waals surface area contributed by atoms with E-state index < -0.39 is 6.10 Å². The van der Waals surface area contributed by atoms with Gasteiger partial charge in [-0.25, -0.2) is 0 Å². The number of ether oxygens (including phenoxy) is 1. The van der Waals surface area contributed by atoms with Crippen molar-refractivity contribution in [2.24, 2.45) is 11.8 Å². The Morgan fingerprint density at radius 1 is 1.42 bits per heavy atom. The second-order valence-electron chi connectivity index (χ2n) is 5.87. The van der Waals surface area contributed by atoms with Gasteiger partial charge in [-0.05, 0) is 25.2 Å². The minimum atomic E-state index is -0.436. The molecule has 1 saturated heterocycles. The van der Waals surface area contributed by atoms with Crippen molar-refractivity contribution in [2.45, 2.75) is 32.3 Å². The van der Waals surface area contributed by atoms with Gasteiger partial charge in [-0.1, -0.05) is 6.92 Å². The van der Waals surface area contributed by atoms with Crippen molar-refractivity contribution in [1.29, 1.82) is 0 Å². The summed E-state index contributed by atoms with van der Waals surface area (Å²) in [5.74, 6) is 0.273. The quantitative estimate of drug-likeness (QED) is 0.751. The summed E-state index contributed by atoms with van der Waals surface area (Å²) in [5.41, 5.74) is 0. The molecule has 2 aliphatic rings. The lowest BCUT2D eigenvalue weighted by Gasteiger charge is -2.29. The van der Waals surface area contributed by atoms with Crippen LogP contribution in [0.2, 0.25) is 0 Å². The zero-order valence-corrected chi connectivity index (χ0v) is 11.8. The van der Waals surface area contributed by atoms with Crippen molar-refractivity contribution in [1.82, 2.24) is 10.2 Å². The molecule has 1 heterocycles. The molecular weight excluding hydrogens is 244 g/mol. The van der Waals surface area contributed by atoms with Crippen LogP contribution in [0.3, 0.4) is 0 Å². The molecule has 0 aromatic rings. The first-order valence-corrected chi connectivity index (χ1v) is 7.42. The SMILES string of the molecule is CC(CNC(=O)C1CCCC1O)CN1CCOCC1. The van der Waals surface area contributed by atoms with Gasteiger partial charge >= 0.3 is 0 Å². The molecule has 2 fully saturated rings. The average molecular weight is 270 g/mol. The van der Waals surface area contributed by atoms with Crippen molar-refractivity contribution in [2.75, 3.05) is 39.4 Å². The highest BCUT2D eigenvalue weighted by Gasteiger charge is 2.31. The third-order valence-electron chi connectivity index (χ3n) is 4.11. The van der Waals surface area contributed by atoms with Crippen LogP contribution in [-0.4, -0.2) is 61.4 Å². The Hall–Kier alpha value is -0.650. The largest absolute Gasteiger partial charge is 0.392 e. The molecule has 0 bridgehead atoms. The molecule has 2 rings (SSSR count). The van der Waals surface area contributed by atoms with E-state index >= 15 is 0 Å². The molecule has 110 valence electrons. The minimum absolute atomic E-state index is 0.0267. The molecule has 3 atom stereocenters. The molecule has 1 aliphatic heterocycles. The van der Waals surface area contributed by atoms with Gasteiger partial charge in [-0.3, -0.25) is 9.69 Å². The fourth-order valence-electron chi connectivity index (χ4n) is 2.94. The Labute approximate surface area is 115 Å². The van der Waals surface area contributed by atoms with Gasteiger partial charge in [0, 0.05) is 26.2 Å². The number of amides is 1. The number of aliphatic hydroxyl groups excluding tert-OH is 1. The van der Waals surface area contributed by atoms with Crippen LogP contribution < -0.4 is 5.32 Å². The number of nitrogens with zero attached hydrogens (tertiary/aromatic N) is 1. The Morgan fingerprint density at radius 2 is 2.16 bits per heavy atom. The highest BCUT2D eigenvalue weighted by atomic mass is 16.5. The molecule has 0 aromatic carbocycles. The fraction of sp³-hybridized carbons (Fsp3) is 0.929. The lowest BCUT2D eigenvalue weighted by molar-refractivity contribution is -0.127. The van der Waals surface area contributed by atoms with Crippen LogP contribution in [0.5, 0.6) is 0 Å². The summed E-state index contributed by atoms with van der Waals surface area (Å²) in [6.07, 6.45) is 2.11. The van der Waals surface area contributed by atoms with E-state index in [1.165, 1.54) is 0 Å². The number of rotatable bonds is 5. The summed E-state index contributed by atoms with van der Waals surface area (Å²) in [4.78, 5) is 14.3. The van der Waals surface area contributed by atoms with Crippen LogP contribution in [0, 0.1) is 11.8 Å². The number of nitrogens with one attached hydrogen (secondary N) is 1. The molecule has 5 heteroatoms. The third-order valence-corrected chi connectivity index (χ3v) is 4.11. The summed E-state index contributed by atoms with van der Waals surface area (Å²) in [6.45, 7) is 7.44. The van der Waals surface area contributed by atoms with Gasteiger partial charge in [0.05, 0.1) is 25.2 Å². The molecule has 0 spiro atoms. The van der Waals surface area contributed by atoms with Crippen LogP contribution in [-0.2, 0) is 9.53 Å². The molecule has 1 saturated carbocycles. The van der Waals surface area contributed by atoms with E-state index in [0.717, 1.165) is 52.1 Å². The van der Waals surface area contributed by atoms with Gasteiger partial charge in [0.15, 0.2) is 0 Å². The van der Waals surface area contributed by atoms with Crippen molar-refractivity contribution in [3.05, 3.63) is 0 Å². The number of carbonyl (C=O) groups is 1. The normalized spacial score (nSPS) is 30.2. The molecule has 2 N–H and O–H groups in total. The standard InChI is InChI=1S/C14H26N2O3/c1-11(10-16-5-7-19-8-6-16)9-15-14(18)12-3-2-4-13(12)17/h11-13,17H,2-10H2,1H3,(H,15,18). The summed E-state index contributed by atoms with van der Waals surface area (Å²) in [6, 6.07) is 0. The lowest BCUT2D eigenvalue weighted by Crippen LogP contribution is -2.42. The van der Waals surface area contributed by atoms with E-state index in [1.54, 1.807) is 0 Å². The van der Waals surface area contributed by atoms with Crippen molar-refractivity contribution in [3.8, 4) is 0 Å². The number of hydrogen-bond acceptors (Lipinski definition) is 4. The van der Waals surface area contributed by atoms with Gasteiger partial charge in [0.25, 0.3) is 0 Å². The van der Waals surface area contributed by atoms with Gasteiger partial charge in [-0.2, -0.15) is 0 Å². The van der Waals surface area contributed by atoms with E-state index in [4.69, 9.17) is 4.74 Å². The number of aliphatic hydroxyl groups is 1. The fourth-order valence-corrected chi connectivity index (χ4v) is 2.94. The van der Waals surface area contributed by atoms with Crippen LogP contribution >= 0.6 is 0 Å². The van der Waals surface area contributed by atoms with Crippen molar-refractivity contribution < 1.29 is 14.6 Å². The smallest absolute Gasteiger partial charge is 0.225 e. The maximum atomic E-state index is 11.9. The Morgan fingerprint density at radius 3 is 2.79 bits per heavy atom. The van der Waals surface area contributed by atoms with Crippen molar-refractivity contribution in [3.63, 3.8) is 0 Å². The summed E-state index contributed by atoms with van der Waals surface area (Å²) in [5, 5.41) is 12.7. The van der Waals surface area contributed by atoms with Crippen LogP contribution in [0.25, 0.3) is 0 Å².